The van der Waals surface area contributed by atoms with Gasteiger partial charge in [0.2, 0.25) is 0 Å². The molecule has 0 aliphatic rings. The van der Waals surface area contributed by atoms with Crippen LogP contribution in [0.4, 0.5) is 0 Å². The van der Waals surface area contributed by atoms with Crippen LogP contribution >= 0.6 is 8.69 Å². The van der Waals surface area contributed by atoms with E-state index >= 15 is 0 Å². The third kappa shape index (κ3) is 10.6. The van der Waals surface area contributed by atoms with Crippen LogP contribution < -0.4 is 0 Å². The molecule has 0 N–H and O–H groups in total. The average molecular weight is 233 g/mol. The molecule has 2 nitrogen and oxygen atoms in total. The van der Waals surface area contributed by atoms with Crippen LogP contribution in [-0.4, -0.2) is 6.10 Å². The molecule has 71 valence electrons. The summed E-state index contributed by atoms with van der Waals surface area (Å²) in [5.41, 5.74) is 0. The summed E-state index contributed by atoms with van der Waals surface area (Å²) in [6.07, 6.45) is 6.23. The van der Waals surface area contributed by atoms with E-state index in [1.807, 2.05) is 6.92 Å². The number of unbranched alkanes of at least 4 members (excludes halogenated alkanes) is 3. The molecule has 2 atom stereocenters. The Balaban J connectivity index is 0. The third-order valence-corrected chi connectivity index (χ3v) is 2.21. The predicted molar refractivity (Wildman–Crippen MR) is 48.3 cm³/mol. The molecule has 12 heavy (non-hydrogen) atoms. The molecule has 0 rings (SSSR count). The first-order valence-corrected chi connectivity index (χ1v) is 5.15. The van der Waals surface area contributed by atoms with E-state index in [0.717, 1.165) is 6.42 Å². The van der Waals surface area contributed by atoms with E-state index in [0.29, 0.717) is 0 Å². The van der Waals surface area contributed by atoms with Crippen molar-refractivity contribution in [1.82, 2.24) is 0 Å². The van der Waals surface area contributed by atoms with Crippen molar-refractivity contribution in [2.75, 3.05) is 0 Å². The third-order valence-electron chi connectivity index (χ3n) is 1.71. The summed E-state index contributed by atoms with van der Waals surface area (Å²) in [7, 11) is -0.600. The molecule has 1 radical (unpaired) electrons. The quantitative estimate of drug-likeness (QED) is 0.383. The van der Waals surface area contributed by atoms with Gasteiger partial charge in [0.15, 0.2) is 0 Å². The summed E-state index contributed by atoms with van der Waals surface area (Å²) in [5, 5.41) is 0. The minimum absolute atomic E-state index is 0. The molecule has 4 heteroatoms. The summed E-state index contributed by atoms with van der Waals surface area (Å²) in [4.78, 5) is 0. The van der Waals surface area contributed by atoms with Gasteiger partial charge in [-0.1, -0.05) is 32.6 Å². The zero-order chi connectivity index (χ0) is 8.53. The van der Waals surface area contributed by atoms with Crippen molar-refractivity contribution in [2.24, 2.45) is 0 Å². The number of hydrogen-bond acceptors (Lipinski definition) is 2. The summed E-state index contributed by atoms with van der Waals surface area (Å²) in [6.45, 7) is 4.16. The maximum absolute atomic E-state index is 10.0. The second kappa shape index (κ2) is 11.6. The fourth-order valence-corrected chi connectivity index (χ4v) is 1.28. The van der Waals surface area contributed by atoms with Crippen molar-refractivity contribution in [3.8, 4) is 0 Å². The minimum atomic E-state index is -0.600. The first-order valence-electron chi connectivity index (χ1n) is 4.34. The molecule has 0 aliphatic carbocycles. The smallest absolute Gasteiger partial charge is 0.145 e. The molecule has 2 unspecified atom stereocenters. The van der Waals surface area contributed by atoms with Crippen molar-refractivity contribution in [2.45, 2.75) is 52.1 Å². The molecular weight excluding hydrogens is 215 g/mol. The van der Waals surface area contributed by atoms with Crippen LogP contribution in [0.3, 0.4) is 0 Å². The molecule has 0 bridgehead atoms. The molecular formula is C8H18FeO2P+4. The van der Waals surface area contributed by atoms with Crippen molar-refractivity contribution in [1.29, 1.82) is 0 Å². The average Bonchev–Trinajstić information content (AvgIpc) is 1.99. The van der Waals surface area contributed by atoms with E-state index in [4.69, 9.17) is 4.52 Å². The predicted octanol–water partition coefficient (Wildman–Crippen LogP) is 3.30. The molecule has 0 aromatic heterocycles. The maximum Gasteiger partial charge on any atom is 3.00 e. The van der Waals surface area contributed by atoms with E-state index in [9.17, 15) is 4.57 Å². The normalized spacial score (nSPS) is 12.5. The molecule has 0 aromatic carbocycles. The molecule has 0 spiro atoms. The van der Waals surface area contributed by atoms with Crippen LogP contribution in [0.2, 0.25) is 0 Å². The Morgan fingerprint density at radius 1 is 1.33 bits per heavy atom. The Kier molecular flexibility index (Phi) is 14.5. The van der Waals surface area contributed by atoms with Crippen molar-refractivity contribution >= 4 is 8.69 Å². The fraction of sp³-hybridized carbons (Fsp3) is 1.00. The monoisotopic (exact) mass is 233 g/mol. The van der Waals surface area contributed by atoms with Crippen LogP contribution in [0.25, 0.3) is 0 Å². The van der Waals surface area contributed by atoms with E-state index in [-0.39, 0.29) is 23.2 Å². The minimum Gasteiger partial charge on any atom is -0.145 e. The number of hydrogen-bond donors (Lipinski definition) is 0. The van der Waals surface area contributed by atoms with Gasteiger partial charge >= 0.3 is 25.8 Å². The van der Waals surface area contributed by atoms with Crippen LogP contribution in [0, 0.1) is 0 Å². The zero-order valence-corrected chi connectivity index (χ0v) is 9.89. The Hall–Kier alpha value is 0.579. The van der Waals surface area contributed by atoms with Gasteiger partial charge < -0.3 is 0 Å². The van der Waals surface area contributed by atoms with Gasteiger partial charge in [0.25, 0.3) is 0 Å². The molecule has 0 amide bonds. The Morgan fingerprint density at radius 3 is 2.50 bits per heavy atom. The van der Waals surface area contributed by atoms with Gasteiger partial charge in [-0.15, -0.1) is 4.52 Å². The molecule has 0 saturated heterocycles. The Labute approximate surface area is 87.2 Å². The second-order valence-electron chi connectivity index (χ2n) is 2.86. The Bertz CT molecular complexity index is 101. The van der Waals surface area contributed by atoms with Crippen LogP contribution in [0.1, 0.15) is 46.0 Å². The zero-order valence-electron chi connectivity index (χ0n) is 7.78. The van der Waals surface area contributed by atoms with Gasteiger partial charge in [-0.2, -0.15) is 0 Å². The van der Waals surface area contributed by atoms with E-state index in [1.54, 1.807) is 0 Å². The van der Waals surface area contributed by atoms with Gasteiger partial charge in [-0.05, 0) is 17.9 Å². The van der Waals surface area contributed by atoms with Crippen molar-refractivity contribution < 1.29 is 26.2 Å². The second-order valence-corrected chi connectivity index (χ2v) is 3.26. The largest absolute Gasteiger partial charge is 3.00 e. The SMILES string of the molecule is CCCCCCC(C)O[PH+]=O.[Fe+3]. The van der Waals surface area contributed by atoms with Crippen LogP contribution in [-0.2, 0) is 26.2 Å². The molecule has 0 saturated carbocycles. The topological polar surface area (TPSA) is 26.3 Å². The van der Waals surface area contributed by atoms with Gasteiger partial charge in [0.05, 0.1) is 0 Å². The maximum atomic E-state index is 10.0. The fourth-order valence-electron chi connectivity index (χ4n) is 1.000. The summed E-state index contributed by atoms with van der Waals surface area (Å²) < 4.78 is 14.9. The van der Waals surface area contributed by atoms with Crippen LogP contribution in [0.5, 0.6) is 0 Å². The molecule has 0 aliphatic heterocycles. The van der Waals surface area contributed by atoms with Gasteiger partial charge in [0, 0.05) is 0 Å². The van der Waals surface area contributed by atoms with Crippen molar-refractivity contribution in [3.05, 3.63) is 0 Å². The van der Waals surface area contributed by atoms with E-state index in [2.05, 4.69) is 6.92 Å². The summed E-state index contributed by atoms with van der Waals surface area (Å²) in [6, 6.07) is 0. The first kappa shape index (κ1) is 15.1. The van der Waals surface area contributed by atoms with Crippen molar-refractivity contribution in [3.63, 3.8) is 0 Å². The summed E-state index contributed by atoms with van der Waals surface area (Å²) >= 11 is 0. The Morgan fingerprint density at radius 2 is 2.00 bits per heavy atom. The standard InChI is InChI=1S/C8H18O2P.Fe/c1-3-4-5-6-7-8(2)10-11-9;/h8,11H,3-7H2,1-2H3;/q+1;+3. The molecule has 0 aromatic rings. The van der Waals surface area contributed by atoms with E-state index in [1.165, 1.54) is 25.7 Å². The van der Waals surface area contributed by atoms with Gasteiger partial charge in [0.1, 0.15) is 6.10 Å². The molecule has 0 heterocycles. The van der Waals surface area contributed by atoms with Crippen LogP contribution in [0.15, 0.2) is 0 Å². The first-order chi connectivity index (χ1) is 5.31. The van der Waals surface area contributed by atoms with E-state index < -0.39 is 8.69 Å². The van der Waals surface area contributed by atoms with Gasteiger partial charge in [-0.25, -0.2) is 0 Å². The molecule has 0 fully saturated rings. The number of rotatable bonds is 7. The van der Waals surface area contributed by atoms with Gasteiger partial charge in [-0.3, -0.25) is 0 Å². The summed E-state index contributed by atoms with van der Waals surface area (Å²) in [5.74, 6) is 0.